The van der Waals surface area contributed by atoms with E-state index in [-0.39, 0.29) is 5.54 Å². The number of hydrogen-bond donors (Lipinski definition) is 1. The number of anilines is 1. The van der Waals surface area contributed by atoms with Crippen LogP contribution in [0.3, 0.4) is 0 Å². The Morgan fingerprint density at radius 1 is 1.39 bits per heavy atom. The van der Waals surface area contributed by atoms with Crippen LogP contribution in [0.25, 0.3) is 11.4 Å². The molecule has 0 bridgehead atoms. The maximum Gasteiger partial charge on any atom is 0.184 e. The van der Waals surface area contributed by atoms with Gasteiger partial charge in [-0.3, -0.25) is 0 Å². The third-order valence-electron chi connectivity index (χ3n) is 3.14. The molecule has 0 unspecified atom stereocenters. The quantitative estimate of drug-likeness (QED) is 0.867. The Morgan fingerprint density at radius 3 is 2.78 bits per heavy atom. The highest BCUT2D eigenvalue weighted by atomic mass is 35.5. The van der Waals surface area contributed by atoms with Gasteiger partial charge in [-0.1, -0.05) is 18.5 Å². The van der Waals surface area contributed by atoms with Gasteiger partial charge in [-0.05, 0) is 48.9 Å². The van der Waals surface area contributed by atoms with Crippen molar-refractivity contribution in [3.8, 4) is 11.4 Å². The van der Waals surface area contributed by atoms with Gasteiger partial charge in [0.1, 0.15) is 0 Å². The first-order valence-corrected chi connectivity index (χ1v) is 6.18. The molecule has 6 heteroatoms. The summed E-state index contributed by atoms with van der Waals surface area (Å²) < 4.78 is 1.79. The van der Waals surface area contributed by atoms with Gasteiger partial charge < -0.3 is 5.73 Å². The molecule has 2 aromatic rings. The average Bonchev–Trinajstić information content (AvgIpc) is 2.82. The maximum absolute atomic E-state index is 6.19. The fourth-order valence-corrected chi connectivity index (χ4v) is 1.83. The van der Waals surface area contributed by atoms with Gasteiger partial charge in [-0.25, -0.2) is 4.68 Å². The first-order valence-electron chi connectivity index (χ1n) is 5.80. The van der Waals surface area contributed by atoms with E-state index < -0.39 is 0 Å². The summed E-state index contributed by atoms with van der Waals surface area (Å²) in [5.74, 6) is 0.638. The fourth-order valence-electron chi connectivity index (χ4n) is 1.63. The van der Waals surface area contributed by atoms with Crippen molar-refractivity contribution in [2.75, 3.05) is 5.73 Å². The fraction of sp³-hybridized carbons (Fsp3) is 0.417. The molecule has 0 saturated carbocycles. The molecule has 0 atom stereocenters. The minimum atomic E-state index is -0.174. The zero-order valence-corrected chi connectivity index (χ0v) is 11.4. The molecule has 2 rings (SSSR count). The topological polar surface area (TPSA) is 69.6 Å². The van der Waals surface area contributed by atoms with Gasteiger partial charge >= 0.3 is 0 Å². The second-order valence-corrected chi connectivity index (χ2v) is 5.23. The molecule has 0 saturated heterocycles. The van der Waals surface area contributed by atoms with E-state index in [4.69, 9.17) is 17.3 Å². The van der Waals surface area contributed by atoms with Gasteiger partial charge in [-0.2, -0.15) is 0 Å². The molecule has 0 aliphatic carbocycles. The van der Waals surface area contributed by atoms with Crippen molar-refractivity contribution >= 4 is 17.3 Å². The van der Waals surface area contributed by atoms with E-state index in [2.05, 4.69) is 36.3 Å². The van der Waals surface area contributed by atoms with E-state index in [1.54, 1.807) is 22.9 Å². The van der Waals surface area contributed by atoms with Crippen molar-refractivity contribution in [1.82, 2.24) is 20.2 Å². The molecule has 0 spiro atoms. The lowest BCUT2D eigenvalue weighted by molar-refractivity contribution is 0.305. The summed E-state index contributed by atoms with van der Waals surface area (Å²) in [6.07, 6.45) is 0.908. The second kappa shape index (κ2) is 4.57. The number of tetrazole rings is 1. The van der Waals surface area contributed by atoms with Crippen LogP contribution in [-0.4, -0.2) is 20.2 Å². The predicted molar refractivity (Wildman–Crippen MR) is 72.3 cm³/mol. The Hall–Kier alpha value is -1.62. The van der Waals surface area contributed by atoms with Crippen LogP contribution >= 0.6 is 11.6 Å². The molecule has 18 heavy (non-hydrogen) atoms. The Kier molecular flexibility index (Phi) is 3.26. The molecule has 0 aliphatic heterocycles. The third-order valence-corrected chi connectivity index (χ3v) is 3.47. The van der Waals surface area contributed by atoms with E-state index in [0.29, 0.717) is 16.5 Å². The SMILES string of the molecule is CCC(C)(C)n1nnnc1-c1cc(N)ccc1Cl. The molecule has 0 aliphatic rings. The molecule has 96 valence electrons. The molecule has 1 aromatic heterocycles. The van der Waals surface area contributed by atoms with Crippen molar-refractivity contribution in [3.63, 3.8) is 0 Å². The van der Waals surface area contributed by atoms with Gasteiger partial charge in [0, 0.05) is 11.3 Å². The predicted octanol–water partition coefficient (Wildman–Crippen LogP) is 2.72. The van der Waals surface area contributed by atoms with Crippen LogP contribution in [0.15, 0.2) is 18.2 Å². The minimum absolute atomic E-state index is 0.174. The number of benzene rings is 1. The summed E-state index contributed by atoms with van der Waals surface area (Å²) in [5.41, 5.74) is 7.01. The second-order valence-electron chi connectivity index (χ2n) is 4.82. The molecular weight excluding hydrogens is 250 g/mol. The largest absolute Gasteiger partial charge is 0.399 e. The van der Waals surface area contributed by atoms with Crippen LogP contribution in [-0.2, 0) is 5.54 Å². The standard InChI is InChI=1S/C12H16ClN5/c1-4-12(2,3)18-11(15-16-17-18)9-7-8(14)5-6-10(9)13/h5-7H,4,14H2,1-3H3. The first kappa shape index (κ1) is 12.8. The zero-order chi connectivity index (χ0) is 13.3. The van der Waals surface area contributed by atoms with E-state index in [1.807, 2.05) is 0 Å². The minimum Gasteiger partial charge on any atom is -0.399 e. The molecule has 5 nitrogen and oxygen atoms in total. The number of aromatic nitrogens is 4. The lowest BCUT2D eigenvalue weighted by Crippen LogP contribution is -2.27. The number of hydrogen-bond acceptors (Lipinski definition) is 4. The van der Waals surface area contributed by atoms with E-state index in [9.17, 15) is 0 Å². The number of halogens is 1. The summed E-state index contributed by atoms with van der Waals surface area (Å²) in [5, 5.41) is 12.5. The van der Waals surface area contributed by atoms with Crippen LogP contribution in [0.2, 0.25) is 5.02 Å². The lowest BCUT2D eigenvalue weighted by Gasteiger charge is -2.24. The normalized spacial score (nSPS) is 11.8. The molecular formula is C12H16ClN5. The molecule has 0 fully saturated rings. The maximum atomic E-state index is 6.19. The van der Waals surface area contributed by atoms with Gasteiger partial charge in [0.15, 0.2) is 5.82 Å². The summed E-state index contributed by atoms with van der Waals surface area (Å²) in [6.45, 7) is 6.24. The Morgan fingerprint density at radius 2 is 2.11 bits per heavy atom. The van der Waals surface area contributed by atoms with Gasteiger partial charge in [0.2, 0.25) is 0 Å². The molecule has 1 aromatic carbocycles. The Balaban J connectivity index is 2.59. The van der Waals surface area contributed by atoms with Crippen molar-refractivity contribution in [1.29, 1.82) is 0 Å². The number of rotatable bonds is 3. The summed E-state index contributed by atoms with van der Waals surface area (Å²) >= 11 is 6.19. The van der Waals surface area contributed by atoms with Crippen LogP contribution < -0.4 is 5.73 Å². The molecule has 1 heterocycles. The number of nitrogens with two attached hydrogens (primary N) is 1. The Labute approximate surface area is 111 Å². The number of nitrogens with zero attached hydrogens (tertiary/aromatic N) is 4. The molecule has 2 N–H and O–H groups in total. The molecule has 0 amide bonds. The monoisotopic (exact) mass is 265 g/mol. The summed E-state index contributed by atoms with van der Waals surface area (Å²) in [6, 6.07) is 5.30. The van der Waals surface area contributed by atoms with Crippen LogP contribution in [0, 0.1) is 0 Å². The highest BCUT2D eigenvalue weighted by Gasteiger charge is 2.25. The Bertz CT molecular complexity index is 561. The van der Waals surface area contributed by atoms with E-state index in [0.717, 1.165) is 12.0 Å². The van der Waals surface area contributed by atoms with Crippen molar-refractivity contribution in [2.24, 2.45) is 0 Å². The number of nitrogen functional groups attached to an aromatic ring is 1. The average molecular weight is 266 g/mol. The van der Waals surface area contributed by atoms with E-state index in [1.165, 1.54) is 0 Å². The van der Waals surface area contributed by atoms with Crippen LogP contribution in [0.4, 0.5) is 5.69 Å². The highest BCUT2D eigenvalue weighted by Crippen LogP contribution is 2.31. The van der Waals surface area contributed by atoms with Gasteiger partial charge in [0.25, 0.3) is 0 Å². The van der Waals surface area contributed by atoms with Crippen molar-refractivity contribution in [3.05, 3.63) is 23.2 Å². The smallest absolute Gasteiger partial charge is 0.184 e. The highest BCUT2D eigenvalue weighted by molar-refractivity contribution is 6.33. The lowest BCUT2D eigenvalue weighted by atomic mass is 10.0. The van der Waals surface area contributed by atoms with Gasteiger partial charge in [-0.15, -0.1) is 5.10 Å². The summed E-state index contributed by atoms with van der Waals surface area (Å²) in [4.78, 5) is 0. The summed E-state index contributed by atoms with van der Waals surface area (Å²) in [7, 11) is 0. The van der Waals surface area contributed by atoms with E-state index >= 15 is 0 Å². The zero-order valence-electron chi connectivity index (χ0n) is 10.7. The van der Waals surface area contributed by atoms with Crippen LogP contribution in [0.1, 0.15) is 27.2 Å². The van der Waals surface area contributed by atoms with Crippen molar-refractivity contribution in [2.45, 2.75) is 32.7 Å². The van der Waals surface area contributed by atoms with Crippen molar-refractivity contribution < 1.29 is 0 Å². The third kappa shape index (κ3) is 2.18. The molecule has 0 radical (unpaired) electrons. The first-order chi connectivity index (χ1) is 8.45. The van der Waals surface area contributed by atoms with Crippen LogP contribution in [0.5, 0.6) is 0 Å². The van der Waals surface area contributed by atoms with Gasteiger partial charge in [0.05, 0.1) is 10.6 Å².